The Bertz CT molecular complexity index is 231. The zero-order chi connectivity index (χ0) is 9.03. The van der Waals surface area contributed by atoms with Gasteiger partial charge in [0.25, 0.3) is 0 Å². The molecule has 0 unspecified atom stereocenters. The molecule has 0 amide bonds. The lowest BCUT2D eigenvalue weighted by Gasteiger charge is -2.08. The highest BCUT2D eigenvalue weighted by Crippen LogP contribution is 2.17. The van der Waals surface area contributed by atoms with E-state index in [1.165, 1.54) is 0 Å². The predicted molar refractivity (Wildman–Crippen MR) is 46.6 cm³/mol. The zero-order valence-electron chi connectivity index (χ0n) is 7.75. The van der Waals surface area contributed by atoms with Crippen LogP contribution in [-0.2, 0) is 0 Å². The van der Waals surface area contributed by atoms with Crippen molar-refractivity contribution in [1.82, 2.24) is 0 Å². The monoisotopic (exact) mass is 151 g/mol. The van der Waals surface area contributed by atoms with Crippen molar-refractivity contribution in [3.05, 3.63) is 35.9 Å². The molecule has 0 fully saturated rings. The second-order valence-corrected chi connectivity index (χ2v) is 2.62. The van der Waals surface area contributed by atoms with Gasteiger partial charge in [0.05, 0.1) is 0 Å². The van der Waals surface area contributed by atoms with Crippen molar-refractivity contribution in [2.24, 2.45) is 0 Å². The van der Waals surface area contributed by atoms with Crippen LogP contribution in [0.5, 0.6) is 0 Å². The first-order chi connectivity index (χ1) is 5.67. The molecule has 11 heavy (non-hydrogen) atoms. The molecule has 0 heterocycles. The van der Waals surface area contributed by atoms with Crippen LogP contribution in [0.4, 0.5) is 0 Å². The van der Waals surface area contributed by atoms with Gasteiger partial charge in [-0.3, -0.25) is 0 Å². The van der Waals surface area contributed by atoms with Crippen LogP contribution in [0.25, 0.3) is 0 Å². The molecule has 1 nitrogen and oxygen atoms in total. The minimum Gasteiger partial charge on any atom is -0.396 e. The normalized spacial score (nSPS) is 17.1. The maximum atomic E-state index is 8.74. The Labute approximate surface area is 69.1 Å². The molecule has 1 atom stereocenters. The van der Waals surface area contributed by atoms with Crippen molar-refractivity contribution in [2.75, 3.05) is 6.61 Å². The molecule has 1 N–H and O–H groups in total. The standard InChI is InChI=1S/C10H14O/c1-9(7-8-11)10-5-3-2-4-6-10/h2-6,9,11H,7-8H2,1H3/t9-/m0/s1/i9D. The van der Waals surface area contributed by atoms with E-state index in [0.29, 0.717) is 6.42 Å². The molecule has 0 aliphatic carbocycles. The van der Waals surface area contributed by atoms with Crippen LogP contribution in [0.15, 0.2) is 30.3 Å². The summed E-state index contributed by atoms with van der Waals surface area (Å²) in [7, 11) is 0. The summed E-state index contributed by atoms with van der Waals surface area (Å²) in [5.41, 5.74) is 0.957. The molecule has 0 saturated heterocycles. The smallest absolute Gasteiger partial charge is 0.0436 e. The highest BCUT2D eigenvalue weighted by Gasteiger charge is 2.01. The first-order valence-corrected chi connectivity index (χ1v) is 3.83. The summed E-state index contributed by atoms with van der Waals surface area (Å²) in [5.74, 6) is -0.657. The Hall–Kier alpha value is -0.820. The molecule has 1 aromatic carbocycles. The zero-order valence-corrected chi connectivity index (χ0v) is 6.75. The van der Waals surface area contributed by atoms with E-state index in [9.17, 15) is 0 Å². The maximum Gasteiger partial charge on any atom is 0.0436 e. The lowest BCUT2D eigenvalue weighted by atomic mass is 9.99. The minimum atomic E-state index is -0.657. The summed E-state index contributed by atoms with van der Waals surface area (Å²) in [6.07, 6.45) is 0.483. The second kappa shape index (κ2) is 4.14. The molecule has 0 aliphatic rings. The van der Waals surface area contributed by atoms with E-state index in [-0.39, 0.29) is 6.61 Å². The van der Waals surface area contributed by atoms with Crippen LogP contribution in [0.2, 0.25) is 0 Å². The fraction of sp³-hybridized carbons (Fsp3) is 0.400. The summed E-state index contributed by atoms with van der Waals surface area (Å²) in [4.78, 5) is 0. The molecule has 0 saturated carbocycles. The average Bonchev–Trinajstić information content (AvgIpc) is 2.06. The van der Waals surface area contributed by atoms with Gasteiger partial charge in [-0.2, -0.15) is 0 Å². The van der Waals surface area contributed by atoms with Crippen molar-refractivity contribution < 1.29 is 6.48 Å². The van der Waals surface area contributed by atoms with Crippen LogP contribution in [-0.4, -0.2) is 11.7 Å². The van der Waals surface area contributed by atoms with Crippen LogP contribution in [0, 0.1) is 0 Å². The molecule has 0 bridgehead atoms. The van der Waals surface area contributed by atoms with Crippen LogP contribution in [0.3, 0.4) is 0 Å². The molecule has 1 aromatic rings. The third kappa shape index (κ3) is 2.35. The summed E-state index contributed by atoms with van der Waals surface area (Å²) >= 11 is 0. The number of benzene rings is 1. The summed E-state index contributed by atoms with van der Waals surface area (Å²) in [6.45, 7) is 1.88. The highest BCUT2D eigenvalue weighted by molar-refractivity contribution is 5.18. The first-order valence-electron chi connectivity index (χ1n) is 4.33. The molecular formula is C10H14O. The van der Waals surface area contributed by atoms with E-state index in [1.807, 2.05) is 37.3 Å². The summed E-state index contributed by atoms with van der Waals surface area (Å²) in [5, 5.41) is 8.74. The number of rotatable bonds is 3. The Morgan fingerprint density at radius 2 is 2.09 bits per heavy atom. The van der Waals surface area contributed by atoms with E-state index in [4.69, 9.17) is 6.48 Å². The Balaban J connectivity index is 2.82. The number of aliphatic hydroxyl groups is 1. The topological polar surface area (TPSA) is 20.2 Å². The molecule has 0 aromatic heterocycles. The Morgan fingerprint density at radius 3 is 2.64 bits per heavy atom. The van der Waals surface area contributed by atoms with E-state index >= 15 is 0 Å². The van der Waals surface area contributed by atoms with Crippen molar-refractivity contribution in [2.45, 2.75) is 19.2 Å². The lowest BCUT2D eigenvalue weighted by molar-refractivity contribution is 0.278. The maximum absolute atomic E-state index is 8.74. The van der Waals surface area contributed by atoms with Crippen LogP contribution < -0.4 is 0 Å². The van der Waals surface area contributed by atoms with E-state index < -0.39 is 5.89 Å². The van der Waals surface area contributed by atoms with Crippen molar-refractivity contribution in [1.29, 1.82) is 0 Å². The highest BCUT2D eigenvalue weighted by atomic mass is 16.3. The van der Waals surface area contributed by atoms with Gasteiger partial charge in [-0.1, -0.05) is 37.3 Å². The van der Waals surface area contributed by atoms with Gasteiger partial charge < -0.3 is 5.11 Å². The minimum absolute atomic E-state index is 0.0644. The molecule has 1 heteroatoms. The van der Waals surface area contributed by atoms with Gasteiger partial charge in [-0.05, 0) is 17.9 Å². The average molecular weight is 151 g/mol. The van der Waals surface area contributed by atoms with E-state index in [1.54, 1.807) is 0 Å². The molecule has 0 radical (unpaired) electrons. The van der Waals surface area contributed by atoms with E-state index in [2.05, 4.69) is 0 Å². The molecule has 0 spiro atoms. The van der Waals surface area contributed by atoms with Gasteiger partial charge in [0.2, 0.25) is 0 Å². The van der Waals surface area contributed by atoms with Crippen LogP contribution >= 0.6 is 0 Å². The lowest BCUT2D eigenvalue weighted by Crippen LogP contribution is -1.95. The van der Waals surface area contributed by atoms with E-state index in [0.717, 1.165) is 5.56 Å². The number of aliphatic hydroxyl groups excluding tert-OH is 1. The number of hydrogen-bond acceptors (Lipinski definition) is 1. The van der Waals surface area contributed by atoms with Crippen molar-refractivity contribution in [3.8, 4) is 0 Å². The predicted octanol–water partition coefficient (Wildman–Crippen LogP) is 2.17. The third-order valence-electron chi connectivity index (χ3n) is 1.75. The first kappa shape index (κ1) is 6.86. The molecule has 60 valence electrons. The third-order valence-corrected chi connectivity index (χ3v) is 1.75. The van der Waals surface area contributed by atoms with Gasteiger partial charge in [0.15, 0.2) is 0 Å². The largest absolute Gasteiger partial charge is 0.396 e. The van der Waals surface area contributed by atoms with Gasteiger partial charge >= 0.3 is 0 Å². The molecular weight excluding hydrogens is 136 g/mol. The summed E-state index contributed by atoms with van der Waals surface area (Å²) in [6, 6.07) is 9.60. The van der Waals surface area contributed by atoms with Gasteiger partial charge in [-0.15, -0.1) is 0 Å². The Kier molecular flexibility index (Phi) is 2.58. The van der Waals surface area contributed by atoms with Gasteiger partial charge in [0, 0.05) is 7.98 Å². The fourth-order valence-electron chi connectivity index (χ4n) is 1.03. The quantitative estimate of drug-likeness (QED) is 0.702. The van der Waals surface area contributed by atoms with Gasteiger partial charge in [-0.25, -0.2) is 0 Å². The van der Waals surface area contributed by atoms with Crippen LogP contribution in [0.1, 0.15) is 26.2 Å². The summed E-state index contributed by atoms with van der Waals surface area (Å²) < 4.78 is 7.91. The molecule has 0 aliphatic heterocycles. The SMILES string of the molecule is [2H][C@](C)(CCO)c1ccccc1. The van der Waals surface area contributed by atoms with Gasteiger partial charge in [0.1, 0.15) is 0 Å². The van der Waals surface area contributed by atoms with Crippen molar-refractivity contribution >= 4 is 0 Å². The molecule has 1 rings (SSSR count). The second-order valence-electron chi connectivity index (χ2n) is 2.62. The number of hydrogen-bond donors (Lipinski definition) is 1. The fourth-order valence-corrected chi connectivity index (χ4v) is 1.03. The Morgan fingerprint density at radius 1 is 1.45 bits per heavy atom. The van der Waals surface area contributed by atoms with Crippen molar-refractivity contribution in [3.63, 3.8) is 0 Å².